The molecule has 0 spiro atoms. The molecule has 0 radical (unpaired) electrons. The summed E-state index contributed by atoms with van der Waals surface area (Å²) in [5, 5.41) is 7.81. The van der Waals surface area contributed by atoms with Crippen molar-refractivity contribution in [3.05, 3.63) is 36.0 Å². The summed E-state index contributed by atoms with van der Waals surface area (Å²) in [6.45, 7) is 5.90. The van der Waals surface area contributed by atoms with E-state index >= 15 is 0 Å². The Morgan fingerprint density at radius 2 is 2.38 bits per heavy atom. The first-order valence-corrected chi connectivity index (χ1v) is 7.74. The van der Waals surface area contributed by atoms with Crippen molar-refractivity contribution in [2.75, 3.05) is 11.9 Å². The Kier molecular flexibility index (Phi) is 4.29. The SMILES string of the molecule is CCc1ccc([C@@H](C)Nc2cnn(C[C@@H]3CCCO3)c2)o1. The van der Waals surface area contributed by atoms with Crippen LogP contribution in [0.25, 0.3) is 0 Å². The van der Waals surface area contributed by atoms with Gasteiger partial charge in [0.25, 0.3) is 0 Å². The van der Waals surface area contributed by atoms with Crippen LogP contribution in [0.2, 0.25) is 0 Å². The Hall–Kier alpha value is -1.75. The molecule has 5 nitrogen and oxygen atoms in total. The maximum atomic E-state index is 5.77. The summed E-state index contributed by atoms with van der Waals surface area (Å²) < 4.78 is 13.4. The fraction of sp³-hybridized carbons (Fsp3) is 0.562. The minimum atomic E-state index is 0.130. The Balaban J connectivity index is 1.58. The van der Waals surface area contributed by atoms with Gasteiger partial charge in [-0.3, -0.25) is 4.68 Å². The molecule has 2 aromatic heterocycles. The Morgan fingerprint density at radius 1 is 1.48 bits per heavy atom. The normalized spacial score (nSPS) is 19.8. The van der Waals surface area contributed by atoms with Crippen LogP contribution in [0.3, 0.4) is 0 Å². The molecule has 5 heteroatoms. The number of rotatable bonds is 6. The molecule has 3 rings (SSSR count). The second-order valence-electron chi connectivity index (χ2n) is 5.61. The van der Waals surface area contributed by atoms with Crippen LogP contribution in [0, 0.1) is 0 Å². The number of anilines is 1. The van der Waals surface area contributed by atoms with Crippen molar-refractivity contribution in [3.8, 4) is 0 Å². The van der Waals surface area contributed by atoms with Gasteiger partial charge in [-0.25, -0.2) is 0 Å². The summed E-state index contributed by atoms with van der Waals surface area (Å²) in [7, 11) is 0. The van der Waals surface area contributed by atoms with Gasteiger partial charge in [0.15, 0.2) is 0 Å². The van der Waals surface area contributed by atoms with Gasteiger partial charge in [-0.15, -0.1) is 0 Å². The summed E-state index contributed by atoms with van der Waals surface area (Å²) >= 11 is 0. The van der Waals surface area contributed by atoms with Crippen molar-refractivity contribution >= 4 is 5.69 Å². The molecule has 1 aliphatic heterocycles. The molecule has 0 saturated carbocycles. The van der Waals surface area contributed by atoms with Crippen LogP contribution in [-0.2, 0) is 17.7 Å². The van der Waals surface area contributed by atoms with E-state index in [1.54, 1.807) is 0 Å². The van der Waals surface area contributed by atoms with E-state index in [2.05, 4.69) is 24.3 Å². The van der Waals surface area contributed by atoms with Gasteiger partial charge >= 0.3 is 0 Å². The van der Waals surface area contributed by atoms with Gasteiger partial charge in [0.05, 0.1) is 30.6 Å². The highest BCUT2D eigenvalue weighted by molar-refractivity contribution is 5.40. The van der Waals surface area contributed by atoms with E-state index < -0.39 is 0 Å². The van der Waals surface area contributed by atoms with Crippen molar-refractivity contribution in [1.29, 1.82) is 0 Å². The molecule has 1 fully saturated rings. The van der Waals surface area contributed by atoms with E-state index in [9.17, 15) is 0 Å². The van der Waals surface area contributed by atoms with Crippen molar-refractivity contribution < 1.29 is 9.15 Å². The second kappa shape index (κ2) is 6.35. The molecule has 2 aromatic rings. The van der Waals surface area contributed by atoms with Crippen LogP contribution in [0.5, 0.6) is 0 Å². The quantitative estimate of drug-likeness (QED) is 0.885. The van der Waals surface area contributed by atoms with Gasteiger partial charge in [-0.2, -0.15) is 5.10 Å². The van der Waals surface area contributed by atoms with Gasteiger partial charge in [-0.05, 0) is 31.9 Å². The van der Waals surface area contributed by atoms with E-state index in [1.807, 2.05) is 29.2 Å². The molecule has 1 saturated heterocycles. The largest absolute Gasteiger partial charge is 0.464 e. The monoisotopic (exact) mass is 289 g/mol. The minimum absolute atomic E-state index is 0.130. The highest BCUT2D eigenvalue weighted by atomic mass is 16.5. The van der Waals surface area contributed by atoms with Crippen molar-refractivity contribution in [3.63, 3.8) is 0 Å². The number of furan rings is 1. The lowest BCUT2D eigenvalue weighted by molar-refractivity contribution is 0.0940. The fourth-order valence-electron chi connectivity index (χ4n) is 2.67. The predicted octanol–water partition coefficient (Wildman–Crippen LogP) is 3.39. The van der Waals surface area contributed by atoms with E-state index in [4.69, 9.17) is 9.15 Å². The number of aryl methyl sites for hydroxylation is 1. The highest BCUT2D eigenvalue weighted by Gasteiger charge is 2.17. The van der Waals surface area contributed by atoms with Crippen LogP contribution < -0.4 is 5.32 Å². The Bertz CT molecular complexity index is 570. The molecule has 114 valence electrons. The molecule has 3 heterocycles. The molecule has 1 N–H and O–H groups in total. The number of hydrogen-bond acceptors (Lipinski definition) is 4. The summed E-state index contributed by atoms with van der Waals surface area (Å²) in [6.07, 6.45) is 7.41. The van der Waals surface area contributed by atoms with E-state index in [0.29, 0.717) is 6.10 Å². The first-order chi connectivity index (χ1) is 10.2. The summed E-state index contributed by atoms with van der Waals surface area (Å²) in [6, 6.07) is 4.20. The third-order valence-electron chi connectivity index (χ3n) is 3.89. The molecule has 21 heavy (non-hydrogen) atoms. The van der Waals surface area contributed by atoms with E-state index in [1.165, 1.54) is 0 Å². The lowest BCUT2D eigenvalue weighted by Crippen LogP contribution is -2.15. The summed E-state index contributed by atoms with van der Waals surface area (Å²) in [5.74, 6) is 1.98. The first kappa shape index (κ1) is 14.2. The molecular formula is C16H23N3O2. The second-order valence-corrected chi connectivity index (χ2v) is 5.61. The molecule has 0 amide bonds. The smallest absolute Gasteiger partial charge is 0.126 e. The maximum Gasteiger partial charge on any atom is 0.126 e. The number of nitrogens with one attached hydrogen (secondary N) is 1. The number of nitrogens with zero attached hydrogens (tertiary/aromatic N) is 2. The number of aromatic nitrogens is 2. The average molecular weight is 289 g/mol. The van der Waals surface area contributed by atoms with E-state index in [0.717, 1.165) is 49.6 Å². The Labute approximate surface area is 125 Å². The summed E-state index contributed by atoms with van der Waals surface area (Å²) in [4.78, 5) is 0. The molecule has 1 aliphatic rings. The van der Waals surface area contributed by atoms with Crippen LogP contribution in [0.15, 0.2) is 28.9 Å². The van der Waals surface area contributed by atoms with Crippen LogP contribution in [0.4, 0.5) is 5.69 Å². The summed E-state index contributed by atoms with van der Waals surface area (Å²) in [5.41, 5.74) is 1.01. The van der Waals surface area contributed by atoms with Crippen molar-refractivity contribution in [1.82, 2.24) is 9.78 Å². The zero-order chi connectivity index (χ0) is 14.7. The molecule has 0 aromatic carbocycles. The average Bonchev–Trinajstić information content (AvgIpc) is 3.20. The molecule has 2 atom stereocenters. The maximum absolute atomic E-state index is 5.77. The Morgan fingerprint density at radius 3 is 3.10 bits per heavy atom. The fourth-order valence-corrected chi connectivity index (χ4v) is 2.67. The number of ether oxygens (including phenoxy) is 1. The molecule has 0 bridgehead atoms. The minimum Gasteiger partial charge on any atom is -0.464 e. The topological polar surface area (TPSA) is 52.2 Å². The predicted molar refractivity (Wildman–Crippen MR) is 81.3 cm³/mol. The third kappa shape index (κ3) is 3.47. The lowest BCUT2D eigenvalue weighted by atomic mass is 10.2. The van der Waals surface area contributed by atoms with Crippen molar-refractivity contribution in [2.45, 2.75) is 51.8 Å². The van der Waals surface area contributed by atoms with Gasteiger partial charge < -0.3 is 14.5 Å². The van der Waals surface area contributed by atoms with Gasteiger partial charge in [0.1, 0.15) is 11.5 Å². The van der Waals surface area contributed by atoms with Crippen LogP contribution >= 0.6 is 0 Å². The van der Waals surface area contributed by atoms with Crippen molar-refractivity contribution in [2.24, 2.45) is 0 Å². The van der Waals surface area contributed by atoms with Crippen LogP contribution in [0.1, 0.15) is 44.3 Å². The standard InChI is InChI=1S/C16H23N3O2/c1-3-14-6-7-16(21-14)12(2)18-13-9-17-19(10-13)11-15-5-4-8-20-15/h6-7,9-10,12,15,18H,3-5,8,11H2,1-2H3/t12-,15+/m1/s1. The molecule has 0 unspecified atom stereocenters. The van der Waals surface area contributed by atoms with Crippen LogP contribution in [-0.4, -0.2) is 22.5 Å². The third-order valence-corrected chi connectivity index (χ3v) is 3.89. The van der Waals surface area contributed by atoms with Gasteiger partial charge in [0, 0.05) is 19.2 Å². The first-order valence-electron chi connectivity index (χ1n) is 7.74. The zero-order valence-corrected chi connectivity index (χ0v) is 12.7. The zero-order valence-electron chi connectivity index (χ0n) is 12.7. The van der Waals surface area contributed by atoms with Gasteiger partial charge in [0.2, 0.25) is 0 Å². The highest BCUT2D eigenvalue weighted by Crippen LogP contribution is 2.22. The lowest BCUT2D eigenvalue weighted by Gasteiger charge is -2.11. The van der Waals surface area contributed by atoms with E-state index in [-0.39, 0.29) is 6.04 Å². The van der Waals surface area contributed by atoms with Gasteiger partial charge in [-0.1, -0.05) is 6.92 Å². The molecular weight excluding hydrogens is 266 g/mol. The molecule has 0 aliphatic carbocycles. The number of hydrogen-bond donors (Lipinski definition) is 1.